The Bertz CT molecular complexity index is 2040. The van der Waals surface area contributed by atoms with Gasteiger partial charge in [0.05, 0.1) is 23.1 Å². The monoisotopic (exact) mass is 656 g/mol. The van der Waals surface area contributed by atoms with Crippen molar-refractivity contribution in [2.45, 2.75) is 44.9 Å². The average molecular weight is 657 g/mol. The second-order valence-electron chi connectivity index (χ2n) is 12.6. The van der Waals surface area contributed by atoms with Crippen LogP contribution < -0.4 is 10.2 Å². The van der Waals surface area contributed by atoms with E-state index in [0.29, 0.717) is 63.8 Å². The number of amides is 2. The molecule has 48 heavy (non-hydrogen) atoms. The highest BCUT2D eigenvalue weighted by molar-refractivity contribution is 6.15. The van der Waals surface area contributed by atoms with Gasteiger partial charge in [0.2, 0.25) is 0 Å². The van der Waals surface area contributed by atoms with Crippen molar-refractivity contribution in [3.05, 3.63) is 95.0 Å². The molecule has 7 rings (SSSR count). The number of halogens is 3. The van der Waals surface area contributed by atoms with Gasteiger partial charge in [0.25, 0.3) is 11.8 Å². The molecule has 2 aliphatic heterocycles. The number of carbonyl (C=O) groups is 2. The zero-order valence-corrected chi connectivity index (χ0v) is 26.9. The Morgan fingerprint density at radius 2 is 1.85 bits per heavy atom. The van der Waals surface area contributed by atoms with E-state index >= 15 is 0 Å². The van der Waals surface area contributed by atoms with Crippen LogP contribution in [0.4, 0.5) is 18.9 Å². The first-order valence-electron chi connectivity index (χ1n) is 16.0. The molecule has 1 saturated heterocycles. The number of fused-ring (bicyclic) bond motifs is 2. The van der Waals surface area contributed by atoms with Crippen LogP contribution >= 0.6 is 0 Å². The van der Waals surface area contributed by atoms with Gasteiger partial charge >= 0.3 is 6.18 Å². The van der Waals surface area contributed by atoms with Crippen LogP contribution in [0.15, 0.2) is 61.4 Å². The molecule has 1 fully saturated rings. The fourth-order valence-electron chi connectivity index (χ4n) is 6.94. The molecule has 1 N–H and O–H groups in total. The fraction of sp³-hybridized carbons (Fsp3) is 0.343. The summed E-state index contributed by atoms with van der Waals surface area (Å²) >= 11 is 0. The van der Waals surface area contributed by atoms with Gasteiger partial charge in [0.15, 0.2) is 5.69 Å². The molecule has 3 aromatic heterocycles. The SMILES string of the molecule is CCc1cc(C(=O)NC2CCN(C)C2)c2nccc(N3CCc4c(cc(Cn5ccnc5)cc4-c4cn(C)nc4C(F)(F)F)C3=O)c2c1. The van der Waals surface area contributed by atoms with Crippen LogP contribution in [0.5, 0.6) is 0 Å². The van der Waals surface area contributed by atoms with Crippen LogP contribution in [0.2, 0.25) is 0 Å². The van der Waals surface area contributed by atoms with E-state index in [1.165, 1.54) is 13.2 Å². The third-order valence-corrected chi connectivity index (χ3v) is 9.23. The lowest BCUT2D eigenvalue weighted by atomic mass is 9.87. The molecule has 13 heteroatoms. The number of carbonyl (C=O) groups excluding carboxylic acids is 2. The number of aryl methyl sites for hydroxylation is 2. The summed E-state index contributed by atoms with van der Waals surface area (Å²) in [7, 11) is 3.48. The summed E-state index contributed by atoms with van der Waals surface area (Å²) in [6.07, 6.45) is 5.11. The Morgan fingerprint density at radius 3 is 2.56 bits per heavy atom. The van der Waals surface area contributed by atoms with Crippen LogP contribution in [-0.4, -0.2) is 73.8 Å². The van der Waals surface area contributed by atoms with Crippen LogP contribution in [-0.2, 0) is 32.6 Å². The van der Waals surface area contributed by atoms with E-state index in [1.807, 2.05) is 26.1 Å². The minimum absolute atomic E-state index is 0.0366. The Balaban J connectivity index is 1.33. The molecule has 1 unspecified atom stereocenters. The molecule has 0 saturated carbocycles. The highest BCUT2D eigenvalue weighted by Gasteiger charge is 2.39. The summed E-state index contributed by atoms with van der Waals surface area (Å²) in [6.45, 7) is 4.22. The average Bonchev–Trinajstić information content (AvgIpc) is 3.82. The lowest BCUT2D eigenvalue weighted by Crippen LogP contribution is -2.38. The Morgan fingerprint density at radius 1 is 1.04 bits per heavy atom. The molecular weight excluding hydrogens is 621 g/mol. The number of rotatable bonds is 7. The number of imidazole rings is 1. The summed E-state index contributed by atoms with van der Waals surface area (Å²) in [5, 5.41) is 7.57. The van der Waals surface area contributed by atoms with Gasteiger partial charge in [-0.25, -0.2) is 4.98 Å². The van der Waals surface area contributed by atoms with E-state index in [2.05, 4.69) is 25.3 Å². The van der Waals surface area contributed by atoms with Gasteiger partial charge in [0.1, 0.15) is 0 Å². The molecule has 5 aromatic rings. The summed E-state index contributed by atoms with van der Waals surface area (Å²) < 4.78 is 45.5. The molecule has 0 radical (unpaired) electrons. The van der Waals surface area contributed by atoms with E-state index in [1.54, 1.807) is 52.6 Å². The molecule has 1 atom stereocenters. The molecule has 2 amide bonds. The predicted molar refractivity (Wildman–Crippen MR) is 175 cm³/mol. The predicted octanol–water partition coefficient (Wildman–Crippen LogP) is 5.10. The summed E-state index contributed by atoms with van der Waals surface area (Å²) in [5.74, 6) is -0.543. The number of hydrogen-bond acceptors (Lipinski definition) is 6. The van der Waals surface area contributed by atoms with Gasteiger partial charge in [-0.15, -0.1) is 0 Å². The number of likely N-dealkylation sites (tertiary alicyclic amines) is 1. The van der Waals surface area contributed by atoms with Crippen molar-refractivity contribution in [2.75, 3.05) is 31.6 Å². The van der Waals surface area contributed by atoms with Crippen LogP contribution in [0, 0.1) is 0 Å². The van der Waals surface area contributed by atoms with Crippen molar-refractivity contribution in [3.63, 3.8) is 0 Å². The molecule has 2 aliphatic rings. The minimum Gasteiger partial charge on any atom is -0.348 e. The van der Waals surface area contributed by atoms with Gasteiger partial charge in [-0.1, -0.05) is 6.92 Å². The zero-order chi connectivity index (χ0) is 33.7. The van der Waals surface area contributed by atoms with Gasteiger partial charge < -0.3 is 19.7 Å². The van der Waals surface area contributed by atoms with Crippen LogP contribution in [0.1, 0.15) is 56.4 Å². The van der Waals surface area contributed by atoms with E-state index in [4.69, 9.17) is 0 Å². The largest absolute Gasteiger partial charge is 0.435 e. The van der Waals surface area contributed by atoms with Crippen molar-refractivity contribution in [1.82, 2.24) is 34.5 Å². The maximum Gasteiger partial charge on any atom is 0.435 e. The third-order valence-electron chi connectivity index (χ3n) is 9.23. The zero-order valence-electron chi connectivity index (χ0n) is 26.9. The maximum absolute atomic E-state index is 14.5. The standard InChI is InChI=1S/C35H35F3N8O2/c1-4-21-13-27-30(5-8-40-31(27)28(14-21)33(47)41-23-6-10-43(2)18-23)46-11-7-24-25(29-19-44(3)42-32(29)35(36,37)38)15-22(16-26(24)34(46)48)17-45-12-9-39-20-45/h5,8-9,12-16,19-20,23H,4,6-7,10-11,17-18H2,1-3H3,(H,41,47). The van der Waals surface area contributed by atoms with Crippen molar-refractivity contribution in [3.8, 4) is 11.1 Å². The molecule has 2 aromatic carbocycles. The van der Waals surface area contributed by atoms with E-state index in [-0.39, 0.29) is 30.0 Å². The molecule has 0 bridgehead atoms. The number of nitrogens with zero attached hydrogens (tertiary/aromatic N) is 7. The van der Waals surface area contributed by atoms with E-state index < -0.39 is 11.9 Å². The molecule has 10 nitrogen and oxygen atoms in total. The van der Waals surface area contributed by atoms with Crippen LogP contribution in [0.25, 0.3) is 22.0 Å². The first kappa shape index (κ1) is 31.6. The Labute approximate surface area is 275 Å². The van der Waals surface area contributed by atoms with Gasteiger partial charge in [-0.3, -0.25) is 19.3 Å². The number of aromatic nitrogens is 5. The molecular formula is C35H35F3N8O2. The van der Waals surface area contributed by atoms with Gasteiger partial charge in [-0.05, 0) is 85.4 Å². The third kappa shape index (κ3) is 5.83. The lowest BCUT2D eigenvalue weighted by Gasteiger charge is -2.31. The number of likely N-dealkylation sites (N-methyl/N-ethyl adjacent to an activating group) is 1. The summed E-state index contributed by atoms with van der Waals surface area (Å²) in [6, 6.07) is 9.10. The Hall–Kier alpha value is -5.04. The smallest absolute Gasteiger partial charge is 0.348 e. The highest BCUT2D eigenvalue weighted by Crippen LogP contribution is 2.41. The fourth-order valence-corrected chi connectivity index (χ4v) is 6.94. The first-order chi connectivity index (χ1) is 23.0. The van der Waals surface area contributed by atoms with Crippen LogP contribution in [0.3, 0.4) is 0 Å². The topological polar surface area (TPSA) is 101 Å². The summed E-state index contributed by atoms with van der Waals surface area (Å²) in [5.41, 5.74) is 3.25. The molecule has 0 spiro atoms. The quantitative estimate of drug-likeness (QED) is 0.262. The normalized spacial score (nSPS) is 16.9. The molecule has 0 aliphatic carbocycles. The highest BCUT2D eigenvalue weighted by atomic mass is 19.4. The number of alkyl halides is 3. The number of benzene rings is 2. The van der Waals surface area contributed by atoms with Crippen molar-refractivity contribution < 1.29 is 22.8 Å². The van der Waals surface area contributed by atoms with Crippen molar-refractivity contribution in [2.24, 2.45) is 7.05 Å². The van der Waals surface area contributed by atoms with E-state index in [0.717, 1.165) is 29.8 Å². The minimum atomic E-state index is -4.68. The van der Waals surface area contributed by atoms with E-state index in [9.17, 15) is 22.8 Å². The number of hydrogen-bond donors (Lipinski definition) is 1. The molecule has 5 heterocycles. The van der Waals surface area contributed by atoms with Gasteiger partial charge in [0, 0.05) is 74.0 Å². The second kappa shape index (κ2) is 12.2. The first-order valence-corrected chi connectivity index (χ1v) is 16.0. The maximum atomic E-state index is 14.5. The second-order valence-corrected chi connectivity index (χ2v) is 12.6. The number of anilines is 1. The van der Waals surface area contributed by atoms with Crippen molar-refractivity contribution in [1.29, 1.82) is 0 Å². The lowest BCUT2D eigenvalue weighted by molar-refractivity contribution is -0.141. The number of pyridine rings is 1. The van der Waals surface area contributed by atoms with Crippen molar-refractivity contribution >= 4 is 28.4 Å². The molecule has 248 valence electrons. The summed E-state index contributed by atoms with van der Waals surface area (Å²) in [4.78, 5) is 40.6. The Kier molecular flexibility index (Phi) is 8.02. The number of nitrogens with one attached hydrogen (secondary N) is 1. The van der Waals surface area contributed by atoms with Gasteiger partial charge in [-0.2, -0.15) is 18.3 Å².